The lowest BCUT2D eigenvalue weighted by Crippen LogP contribution is -2.41. The third-order valence-electron chi connectivity index (χ3n) is 3.54. The zero-order valence-corrected chi connectivity index (χ0v) is 9.69. The minimum absolute atomic E-state index is 0.244. The summed E-state index contributed by atoms with van der Waals surface area (Å²) < 4.78 is 13.7. The van der Waals surface area contributed by atoms with Crippen LogP contribution in [0.5, 0.6) is 0 Å². The molecule has 1 aromatic carbocycles. The Morgan fingerprint density at radius 2 is 2.18 bits per heavy atom. The fourth-order valence-corrected chi connectivity index (χ4v) is 2.62. The quantitative estimate of drug-likeness (QED) is 0.748. The zero-order valence-electron chi connectivity index (χ0n) is 9.69. The van der Waals surface area contributed by atoms with Crippen LogP contribution in [0, 0.1) is 5.82 Å². The van der Waals surface area contributed by atoms with Crippen molar-refractivity contribution in [2.24, 2.45) is 10.7 Å². The standard InChI is InChI=1S/C13H16FN3/c14-10-6-4-5-9-12(10)16-11-7-2-1-3-8-17(11)13(9)15/h4-6,13H,1-3,7-8,15H2. The molecule has 17 heavy (non-hydrogen) atoms. The third kappa shape index (κ3) is 1.72. The van der Waals surface area contributed by atoms with Gasteiger partial charge >= 0.3 is 0 Å². The number of aliphatic imine (C=N–C) groups is 1. The van der Waals surface area contributed by atoms with Gasteiger partial charge in [-0.15, -0.1) is 0 Å². The number of rotatable bonds is 0. The number of amidine groups is 1. The molecule has 0 aromatic heterocycles. The molecule has 3 rings (SSSR count). The van der Waals surface area contributed by atoms with Crippen LogP contribution >= 0.6 is 0 Å². The van der Waals surface area contributed by atoms with Crippen molar-refractivity contribution in [2.75, 3.05) is 6.54 Å². The van der Waals surface area contributed by atoms with Crippen molar-refractivity contribution in [2.45, 2.75) is 31.8 Å². The van der Waals surface area contributed by atoms with Gasteiger partial charge in [-0.25, -0.2) is 9.38 Å². The summed E-state index contributed by atoms with van der Waals surface area (Å²) in [5.41, 5.74) is 7.46. The summed E-state index contributed by atoms with van der Waals surface area (Å²) in [5, 5.41) is 0. The molecule has 0 bridgehead atoms. The Morgan fingerprint density at radius 3 is 3.06 bits per heavy atom. The molecule has 2 heterocycles. The van der Waals surface area contributed by atoms with Gasteiger partial charge in [-0.3, -0.25) is 0 Å². The molecule has 2 N–H and O–H groups in total. The molecule has 4 heteroatoms. The van der Waals surface area contributed by atoms with Crippen LogP contribution in [0.15, 0.2) is 23.2 Å². The lowest BCUT2D eigenvalue weighted by Gasteiger charge is -2.35. The molecule has 1 aromatic rings. The number of hydrogen-bond donors (Lipinski definition) is 1. The molecule has 2 aliphatic rings. The highest BCUT2D eigenvalue weighted by Gasteiger charge is 2.29. The van der Waals surface area contributed by atoms with E-state index in [0.717, 1.165) is 37.2 Å². The van der Waals surface area contributed by atoms with Gasteiger partial charge in [0, 0.05) is 18.5 Å². The predicted molar refractivity (Wildman–Crippen MR) is 65.6 cm³/mol. The first-order valence-corrected chi connectivity index (χ1v) is 6.15. The molecular weight excluding hydrogens is 217 g/mol. The van der Waals surface area contributed by atoms with Crippen LogP contribution < -0.4 is 5.73 Å². The van der Waals surface area contributed by atoms with Gasteiger partial charge in [0.15, 0.2) is 0 Å². The van der Waals surface area contributed by atoms with Crippen molar-refractivity contribution < 1.29 is 4.39 Å². The molecule has 1 atom stereocenters. The fraction of sp³-hybridized carbons (Fsp3) is 0.462. The molecule has 0 saturated carbocycles. The number of fused-ring (bicyclic) bond motifs is 2. The number of para-hydroxylation sites is 1. The lowest BCUT2D eigenvalue weighted by atomic mass is 10.1. The average molecular weight is 233 g/mol. The first-order chi connectivity index (χ1) is 8.27. The Labute approximate surface area is 100 Å². The van der Waals surface area contributed by atoms with E-state index in [1.165, 1.54) is 12.5 Å². The van der Waals surface area contributed by atoms with E-state index in [0.29, 0.717) is 5.69 Å². The van der Waals surface area contributed by atoms with E-state index >= 15 is 0 Å². The van der Waals surface area contributed by atoms with Crippen LogP contribution in [0.4, 0.5) is 10.1 Å². The van der Waals surface area contributed by atoms with Gasteiger partial charge in [-0.2, -0.15) is 0 Å². The van der Waals surface area contributed by atoms with Gasteiger partial charge in [0.2, 0.25) is 0 Å². The molecule has 1 fully saturated rings. The summed E-state index contributed by atoms with van der Waals surface area (Å²) in [6.45, 7) is 0.927. The summed E-state index contributed by atoms with van der Waals surface area (Å²) in [6, 6.07) is 5.02. The summed E-state index contributed by atoms with van der Waals surface area (Å²) in [7, 11) is 0. The number of nitrogens with two attached hydrogens (primary N) is 1. The molecule has 1 saturated heterocycles. The summed E-state index contributed by atoms with van der Waals surface area (Å²) in [6.07, 6.45) is 4.11. The fourth-order valence-electron chi connectivity index (χ4n) is 2.62. The first-order valence-electron chi connectivity index (χ1n) is 6.15. The van der Waals surface area contributed by atoms with Gasteiger partial charge in [0.25, 0.3) is 0 Å². The molecule has 90 valence electrons. The average Bonchev–Trinajstić information content (AvgIpc) is 2.56. The van der Waals surface area contributed by atoms with Crippen LogP contribution in [0.2, 0.25) is 0 Å². The van der Waals surface area contributed by atoms with Gasteiger partial charge in [-0.05, 0) is 18.9 Å². The number of benzene rings is 1. The summed E-state index contributed by atoms with van der Waals surface area (Å²) >= 11 is 0. The Morgan fingerprint density at radius 1 is 1.29 bits per heavy atom. The van der Waals surface area contributed by atoms with Gasteiger partial charge in [-0.1, -0.05) is 18.6 Å². The van der Waals surface area contributed by atoms with E-state index in [1.54, 1.807) is 6.07 Å². The second kappa shape index (κ2) is 4.11. The Kier molecular flexibility index (Phi) is 2.59. The van der Waals surface area contributed by atoms with Crippen LogP contribution in [0.3, 0.4) is 0 Å². The third-order valence-corrected chi connectivity index (χ3v) is 3.54. The largest absolute Gasteiger partial charge is 0.340 e. The van der Waals surface area contributed by atoms with Crippen LogP contribution in [0.25, 0.3) is 0 Å². The smallest absolute Gasteiger partial charge is 0.149 e. The maximum atomic E-state index is 13.7. The molecule has 2 aliphatic heterocycles. The van der Waals surface area contributed by atoms with Crippen molar-refractivity contribution in [3.05, 3.63) is 29.6 Å². The maximum absolute atomic E-state index is 13.7. The van der Waals surface area contributed by atoms with E-state index in [4.69, 9.17) is 5.73 Å². The monoisotopic (exact) mass is 233 g/mol. The highest BCUT2D eigenvalue weighted by atomic mass is 19.1. The van der Waals surface area contributed by atoms with Crippen LogP contribution in [-0.4, -0.2) is 17.3 Å². The Balaban J connectivity index is 2.10. The maximum Gasteiger partial charge on any atom is 0.149 e. The minimum Gasteiger partial charge on any atom is -0.340 e. The summed E-state index contributed by atoms with van der Waals surface area (Å²) in [5.74, 6) is 0.682. The van der Waals surface area contributed by atoms with Crippen molar-refractivity contribution in [1.82, 2.24) is 4.90 Å². The molecule has 0 aliphatic carbocycles. The normalized spacial score (nSPS) is 23.5. The first kappa shape index (κ1) is 10.7. The van der Waals surface area contributed by atoms with E-state index in [1.807, 2.05) is 6.07 Å². The molecule has 0 radical (unpaired) electrons. The second-order valence-electron chi connectivity index (χ2n) is 4.65. The van der Waals surface area contributed by atoms with E-state index in [2.05, 4.69) is 9.89 Å². The number of hydrogen-bond acceptors (Lipinski definition) is 3. The van der Waals surface area contributed by atoms with Gasteiger partial charge < -0.3 is 10.6 Å². The highest BCUT2D eigenvalue weighted by Crippen LogP contribution is 2.35. The number of halogens is 1. The summed E-state index contributed by atoms with van der Waals surface area (Å²) in [4.78, 5) is 6.58. The van der Waals surface area contributed by atoms with Crippen molar-refractivity contribution in [3.8, 4) is 0 Å². The van der Waals surface area contributed by atoms with Crippen molar-refractivity contribution in [1.29, 1.82) is 0 Å². The van der Waals surface area contributed by atoms with Crippen LogP contribution in [0.1, 0.15) is 37.4 Å². The molecule has 0 spiro atoms. The van der Waals surface area contributed by atoms with Crippen molar-refractivity contribution in [3.63, 3.8) is 0 Å². The van der Waals surface area contributed by atoms with Crippen LogP contribution in [-0.2, 0) is 0 Å². The lowest BCUT2D eigenvalue weighted by molar-refractivity contribution is 0.315. The zero-order chi connectivity index (χ0) is 11.8. The Bertz CT molecular complexity index is 470. The van der Waals surface area contributed by atoms with E-state index in [-0.39, 0.29) is 12.0 Å². The number of nitrogens with zero attached hydrogens (tertiary/aromatic N) is 2. The topological polar surface area (TPSA) is 41.6 Å². The van der Waals surface area contributed by atoms with E-state index < -0.39 is 0 Å². The van der Waals surface area contributed by atoms with E-state index in [9.17, 15) is 4.39 Å². The second-order valence-corrected chi connectivity index (χ2v) is 4.65. The van der Waals surface area contributed by atoms with Crippen molar-refractivity contribution >= 4 is 11.5 Å². The predicted octanol–water partition coefficient (Wildman–Crippen LogP) is 2.70. The Hall–Kier alpha value is -1.42. The molecule has 1 unspecified atom stereocenters. The highest BCUT2D eigenvalue weighted by molar-refractivity contribution is 5.88. The molecular formula is C13H16FN3. The molecule has 0 amide bonds. The van der Waals surface area contributed by atoms with Gasteiger partial charge in [0.05, 0.1) is 0 Å². The van der Waals surface area contributed by atoms with Gasteiger partial charge in [0.1, 0.15) is 23.5 Å². The SMILES string of the molecule is NC1c2cccc(F)c2N=C2CCCCCN21. The molecule has 3 nitrogen and oxygen atoms in total. The minimum atomic E-state index is -0.269.